The summed E-state index contributed by atoms with van der Waals surface area (Å²) in [5.74, 6) is 5.17. The molecule has 1 aliphatic rings. The first-order valence-corrected chi connectivity index (χ1v) is 5.49. The van der Waals surface area contributed by atoms with Gasteiger partial charge in [-0.1, -0.05) is 0 Å². The Morgan fingerprint density at radius 2 is 2.47 bits per heavy atom. The number of ether oxygens (including phenoxy) is 1. The molecule has 1 atom stereocenters. The summed E-state index contributed by atoms with van der Waals surface area (Å²) < 4.78 is 5.22. The van der Waals surface area contributed by atoms with Gasteiger partial charge >= 0.3 is 0 Å². The zero-order chi connectivity index (χ0) is 12.3. The van der Waals surface area contributed by atoms with E-state index in [0.29, 0.717) is 17.9 Å². The highest BCUT2D eigenvalue weighted by atomic mass is 16.5. The van der Waals surface area contributed by atoms with Crippen molar-refractivity contribution in [2.45, 2.75) is 12.5 Å². The number of hydrogen-bond donors (Lipinski definition) is 2. The van der Waals surface area contributed by atoms with Gasteiger partial charge in [-0.15, -0.1) is 0 Å². The smallest absolute Gasteiger partial charge is 0.272 e. The quantitative estimate of drug-likeness (QED) is 0.580. The standard InChI is InChI=1S/C11H16N4O2/c1-17-9-4-5-15(7-9)11(16)10-3-2-8(14-12)6-13-10/h2-3,6,9,14H,4-5,7,12H2,1H3. The van der Waals surface area contributed by atoms with E-state index < -0.39 is 0 Å². The van der Waals surface area contributed by atoms with Crippen molar-refractivity contribution in [2.24, 2.45) is 5.84 Å². The van der Waals surface area contributed by atoms with Crippen LogP contribution in [0.2, 0.25) is 0 Å². The summed E-state index contributed by atoms with van der Waals surface area (Å²) in [5, 5.41) is 0. The van der Waals surface area contributed by atoms with Crippen LogP contribution in [0.25, 0.3) is 0 Å². The van der Waals surface area contributed by atoms with Gasteiger partial charge in [-0.25, -0.2) is 4.98 Å². The fourth-order valence-electron chi connectivity index (χ4n) is 1.87. The molecule has 1 saturated heterocycles. The molecular formula is C11H16N4O2. The van der Waals surface area contributed by atoms with Crippen molar-refractivity contribution in [3.8, 4) is 0 Å². The van der Waals surface area contributed by atoms with Crippen LogP contribution in [-0.4, -0.2) is 42.1 Å². The van der Waals surface area contributed by atoms with E-state index in [1.165, 1.54) is 6.20 Å². The summed E-state index contributed by atoms with van der Waals surface area (Å²) >= 11 is 0. The summed E-state index contributed by atoms with van der Waals surface area (Å²) in [6, 6.07) is 3.39. The predicted molar refractivity (Wildman–Crippen MR) is 63.4 cm³/mol. The van der Waals surface area contributed by atoms with Gasteiger partial charge in [0.25, 0.3) is 5.91 Å². The van der Waals surface area contributed by atoms with Crippen molar-refractivity contribution in [1.82, 2.24) is 9.88 Å². The molecule has 1 aromatic heterocycles. The van der Waals surface area contributed by atoms with Crippen molar-refractivity contribution in [1.29, 1.82) is 0 Å². The second kappa shape index (κ2) is 5.11. The lowest BCUT2D eigenvalue weighted by Gasteiger charge is -2.15. The number of hydrazine groups is 1. The van der Waals surface area contributed by atoms with Gasteiger partial charge in [-0.2, -0.15) is 0 Å². The molecule has 6 heteroatoms. The molecule has 1 amide bonds. The Labute approximate surface area is 99.7 Å². The molecule has 0 radical (unpaired) electrons. The molecule has 1 aromatic rings. The van der Waals surface area contributed by atoms with Gasteiger partial charge in [0.1, 0.15) is 5.69 Å². The van der Waals surface area contributed by atoms with Crippen LogP contribution in [0, 0.1) is 0 Å². The molecule has 0 aromatic carbocycles. The van der Waals surface area contributed by atoms with Crippen molar-refractivity contribution in [3.05, 3.63) is 24.0 Å². The topological polar surface area (TPSA) is 80.5 Å². The number of nitrogens with one attached hydrogen (secondary N) is 1. The maximum Gasteiger partial charge on any atom is 0.272 e. The summed E-state index contributed by atoms with van der Waals surface area (Å²) in [5.41, 5.74) is 3.58. The Kier molecular flexibility index (Phi) is 3.55. The second-order valence-electron chi connectivity index (χ2n) is 3.97. The van der Waals surface area contributed by atoms with E-state index in [4.69, 9.17) is 10.6 Å². The number of carbonyl (C=O) groups is 1. The first kappa shape index (κ1) is 11.8. The minimum atomic E-state index is -0.0619. The van der Waals surface area contributed by atoms with Crippen LogP contribution in [0.15, 0.2) is 18.3 Å². The summed E-state index contributed by atoms with van der Waals surface area (Å²) in [7, 11) is 1.67. The van der Waals surface area contributed by atoms with E-state index in [-0.39, 0.29) is 12.0 Å². The highest BCUT2D eigenvalue weighted by Gasteiger charge is 2.27. The highest BCUT2D eigenvalue weighted by molar-refractivity contribution is 5.92. The maximum absolute atomic E-state index is 12.1. The number of likely N-dealkylation sites (tertiary alicyclic amines) is 1. The predicted octanol–water partition coefficient (Wildman–Crippen LogP) is 0.228. The molecule has 2 rings (SSSR count). The zero-order valence-corrected chi connectivity index (χ0v) is 9.72. The van der Waals surface area contributed by atoms with E-state index in [0.717, 1.165) is 13.0 Å². The zero-order valence-electron chi connectivity index (χ0n) is 9.72. The number of nitrogen functional groups attached to an aromatic ring is 1. The second-order valence-corrected chi connectivity index (χ2v) is 3.97. The van der Waals surface area contributed by atoms with Crippen LogP contribution in [0.1, 0.15) is 16.9 Å². The minimum Gasteiger partial charge on any atom is -0.380 e. The largest absolute Gasteiger partial charge is 0.380 e. The molecule has 6 nitrogen and oxygen atoms in total. The number of hydrogen-bond acceptors (Lipinski definition) is 5. The number of aromatic nitrogens is 1. The van der Waals surface area contributed by atoms with Crippen LogP contribution in [0.5, 0.6) is 0 Å². The number of nitrogens with zero attached hydrogens (tertiary/aromatic N) is 2. The van der Waals surface area contributed by atoms with E-state index in [1.54, 1.807) is 24.1 Å². The first-order chi connectivity index (χ1) is 8.24. The lowest BCUT2D eigenvalue weighted by molar-refractivity contribution is 0.0719. The van der Waals surface area contributed by atoms with Crippen LogP contribution >= 0.6 is 0 Å². The number of pyridine rings is 1. The number of nitrogens with two attached hydrogens (primary N) is 1. The van der Waals surface area contributed by atoms with Gasteiger partial charge in [-0.3, -0.25) is 10.6 Å². The van der Waals surface area contributed by atoms with Crippen molar-refractivity contribution in [3.63, 3.8) is 0 Å². The summed E-state index contributed by atoms with van der Waals surface area (Å²) in [6.07, 6.45) is 2.56. The van der Waals surface area contributed by atoms with Crippen molar-refractivity contribution >= 4 is 11.6 Å². The maximum atomic E-state index is 12.1. The summed E-state index contributed by atoms with van der Waals surface area (Å²) in [4.78, 5) is 17.9. The van der Waals surface area contributed by atoms with Gasteiger partial charge in [0.2, 0.25) is 0 Å². The molecule has 1 aliphatic heterocycles. The van der Waals surface area contributed by atoms with E-state index in [2.05, 4.69) is 10.4 Å². The fourth-order valence-corrected chi connectivity index (χ4v) is 1.87. The molecule has 0 aliphatic carbocycles. The van der Waals surface area contributed by atoms with Gasteiger partial charge in [-0.05, 0) is 18.6 Å². The van der Waals surface area contributed by atoms with Crippen molar-refractivity contribution < 1.29 is 9.53 Å². The lowest BCUT2D eigenvalue weighted by atomic mass is 10.3. The van der Waals surface area contributed by atoms with Gasteiger partial charge < -0.3 is 15.1 Å². The van der Waals surface area contributed by atoms with Gasteiger partial charge in [0.05, 0.1) is 18.0 Å². The number of rotatable bonds is 3. The molecule has 1 fully saturated rings. The third-order valence-corrected chi connectivity index (χ3v) is 2.91. The van der Waals surface area contributed by atoms with Gasteiger partial charge in [0.15, 0.2) is 0 Å². The Balaban J connectivity index is 2.04. The molecule has 0 saturated carbocycles. The molecule has 0 spiro atoms. The Bertz CT molecular complexity index is 393. The molecule has 1 unspecified atom stereocenters. The van der Waals surface area contributed by atoms with Crippen LogP contribution in [0.3, 0.4) is 0 Å². The number of methoxy groups -OCH3 is 1. The van der Waals surface area contributed by atoms with E-state index >= 15 is 0 Å². The Hall–Kier alpha value is -1.66. The molecule has 0 bridgehead atoms. The van der Waals surface area contributed by atoms with Crippen LogP contribution in [-0.2, 0) is 4.74 Å². The molecule has 92 valence electrons. The SMILES string of the molecule is COC1CCN(C(=O)c2ccc(NN)cn2)C1. The Morgan fingerprint density at radius 3 is 3.00 bits per heavy atom. The normalized spacial score (nSPS) is 19.4. The number of amides is 1. The van der Waals surface area contributed by atoms with Crippen LogP contribution < -0.4 is 11.3 Å². The third kappa shape index (κ3) is 2.54. The van der Waals surface area contributed by atoms with Crippen LogP contribution in [0.4, 0.5) is 5.69 Å². The average molecular weight is 236 g/mol. The van der Waals surface area contributed by atoms with E-state index in [1.807, 2.05) is 0 Å². The highest BCUT2D eigenvalue weighted by Crippen LogP contribution is 2.15. The number of anilines is 1. The molecular weight excluding hydrogens is 220 g/mol. The monoisotopic (exact) mass is 236 g/mol. The molecule has 17 heavy (non-hydrogen) atoms. The molecule has 3 N–H and O–H groups in total. The fraction of sp³-hybridized carbons (Fsp3) is 0.455. The number of carbonyl (C=O) groups excluding carboxylic acids is 1. The molecule has 2 heterocycles. The van der Waals surface area contributed by atoms with Crippen molar-refractivity contribution in [2.75, 3.05) is 25.6 Å². The minimum absolute atomic E-state index is 0.0619. The Morgan fingerprint density at radius 1 is 1.65 bits per heavy atom. The summed E-state index contributed by atoms with van der Waals surface area (Å²) in [6.45, 7) is 1.35. The first-order valence-electron chi connectivity index (χ1n) is 5.49. The van der Waals surface area contributed by atoms with Gasteiger partial charge in [0, 0.05) is 20.2 Å². The average Bonchev–Trinajstić information content (AvgIpc) is 2.87. The van der Waals surface area contributed by atoms with E-state index in [9.17, 15) is 4.79 Å². The third-order valence-electron chi connectivity index (χ3n) is 2.91. The lowest BCUT2D eigenvalue weighted by Crippen LogP contribution is -2.30.